The quantitative estimate of drug-likeness (QED) is 0.0206. The normalized spacial score (nSPS) is 13.8. The summed E-state index contributed by atoms with van der Waals surface area (Å²) in [6, 6.07) is 0. The van der Waals surface area contributed by atoms with Crippen LogP contribution in [0.15, 0.2) is 12.2 Å². The van der Waals surface area contributed by atoms with E-state index >= 15 is 0 Å². The second kappa shape index (κ2) is 35.4. The molecule has 0 heterocycles. The number of hydrogen-bond donors (Lipinski definition) is 4. The van der Waals surface area contributed by atoms with Crippen molar-refractivity contribution >= 4 is 19.8 Å². The fraction of sp³-hybridized carbons (Fsp3) is 0.902. The SMILES string of the molecule is CCCCC/C=C\C[C@H](O)[C@@H](O)CCCCCCCC(=O)O[C@H](COC(=O)CCCCCCCCCCCCCCCCC(C)C)COP(=O)(O)O. The van der Waals surface area contributed by atoms with E-state index in [9.17, 15) is 24.4 Å². The molecule has 10 nitrogen and oxygen atoms in total. The van der Waals surface area contributed by atoms with E-state index in [-0.39, 0.29) is 19.4 Å². The standard InChI is InChI=1S/C41H79O10P/c1-4-5-6-7-20-25-30-38(42)39(43)31-26-21-18-23-28-33-41(45)51-37(35-50-52(46,47)48)34-49-40(44)32-27-22-17-15-13-11-9-8-10-12-14-16-19-24-29-36(2)3/h20,25,36-39,42-43H,4-19,21-24,26-35H2,1-3H3,(H2,46,47,48)/b25-20-/t37-,38+,39+/m1/s1. The molecule has 4 N–H and O–H groups in total. The smallest absolute Gasteiger partial charge is 0.462 e. The van der Waals surface area contributed by atoms with Crippen LogP contribution >= 0.6 is 7.82 Å². The zero-order valence-electron chi connectivity index (χ0n) is 33.4. The molecule has 0 aromatic carbocycles. The maximum atomic E-state index is 12.4. The molecule has 0 spiro atoms. The highest BCUT2D eigenvalue weighted by atomic mass is 31.2. The van der Waals surface area contributed by atoms with Crippen LogP contribution in [-0.2, 0) is 28.2 Å². The molecule has 11 heteroatoms. The minimum atomic E-state index is -4.79. The summed E-state index contributed by atoms with van der Waals surface area (Å²) < 4.78 is 26.3. The topological polar surface area (TPSA) is 160 Å². The maximum Gasteiger partial charge on any atom is 0.469 e. The second-order valence-corrected chi connectivity index (χ2v) is 16.3. The largest absolute Gasteiger partial charge is 0.469 e. The first-order valence-electron chi connectivity index (χ1n) is 21.0. The molecule has 0 aromatic heterocycles. The summed E-state index contributed by atoms with van der Waals surface area (Å²) in [5, 5.41) is 20.3. The van der Waals surface area contributed by atoms with E-state index in [2.05, 4.69) is 31.4 Å². The Morgan fingerprint density at radius 2 is 1.08 bits per heavy atom. The van der Waals surface area contributed by atoms with E-state index in [0.717, 1.165) is 63.7 Å². The van der Waals surface area contributed by atoms with Gasteiger partial charge in [-0.15, -0.1) is 0 Å². The number of allylic oxidation sites excluding steroid dienone is 1. The predicted octanol–water partition coefficient (Wildman–Crippen LogP) is 10.4. The van der Waals surface area contributed by atoms with E-state index in [4.69, 9.17) is 19.3 Å². The van der Waals surface area contributed by atoms with Crippen LogP contribution in [0.5, 0.6) is 0 Å². The number of aliphatic hydroxyl groups is 2. The highest BCUT2D eigenvalue weighted by Crippen LogP contribution is 2.36. The number of phosphoric ester groups is 1. The lowest BCUT2D eigenvalue weighted by Gasteiger charge is -2.18. The Hall–Kier alpha value is -1.29. The molecule has 0 radical (unpaired) electrons. The van der Waals surface area contributed by atoms with E-state index in [1.54, 1.807) is 0 Å². The molecular weight excluding hydrogens is 683 g/mol. The van der Waals surface area contributed by atoms with Gasteiger partial charge in [-0.25, -0.2) is 4.57 Å². The van der Waals surface area contributed by atoms with E-state index < -0.39 is 44.7 Å². The van der Waals surface area contributed by atoms with Gasteiger partial charge in [0.05, 0.1) is 18.8 Å². The molecule has 0 amide bonds. The molecule has 0 rings (SSSR count). The summed E-state index contributed by atoms with van der Waals surface area (Å²) in [6.07, 6.45) is 29.6. The Labute approximate surface area is 317 Å². The van der Waals surface area contributed by atoms with Crippen molar-refractivity contribution in [2.45, 2.75) is 219 Å². The summed E-state index contributed by atoms with van der Waals surface area (Å²) >= 11 is 0. The number of carbonyl (C=O) groups excluding carboxylic acids is 2. The van der Waals surface area contributed by atoms with Gasteiger partial charge < -0.3 is 29.5 Å². The number of carbonyl (C=O) groups is 2. The minimum Gasteiger partial charge on any atom is -0.462 e. The summed E-state index contributed by atoms with van der Waals surface area (Å²) in [5.74, 6) is -0.164. The van der Waals surface area contributed by atoms with Crippen LogP contribution in [-0.4, -0.2) is 63.5 Å². The monoisotopic (exact) mass is 763 g/mol. The van der Waals surface area contributed by atoms with Gasteiger partial charge in [-0.1, -0.05) is 161 Å². The molecule has 0 aliphatic rings. The third-order valence-corrected chi connectivity index (χ3v) is 9.90. The lowest BCUT2D eigenvalue weighted by Crippen LogP contribution is -2.29. The number of ether oxygens (including phenoxy) is 2. The molecule has 0 aliphatic heterocycles. The summed E-state index contributed by atoms with van der Waals surface area (Å²) in [5.41, 5.74) is 0. The minimum absolute atomic E-state index is 0.116. The van der Waals surface area contributed by atoms with Crippen molar-refractivity contribution in [3.63, 3.8) is 0 Å². The van der Waals surface area contributed by atoms with Gasteiger partial charge in [0.15, 0.2) is 6.10 Å². The Bertz CT molecular complexity index is 906. The first-order valence-corrected chi connectivity index (χ1v) is 22.5. The highest BCUT2D eigenvalue weighted by molar-refractivity contribution is 7.46. The average Bonchev–Trinajstić information content (AvgIpc) is 3.09. The van der Waals surface area contributed by atoms with Gasteiger partial charge in [0.25, 0.3) is 0 Å². The molecule has 0 saturated heterocycles. The van der Waals surface area contributed by atoms with Gasteiger partial charge in [0.2, 0.25) is 0 Å². The zero-order valence-corrected chi connectivity index (χ0v) is 34.3. The molecule has 308 valence electrons. The van der Waals surface area contributed by atoms with Gasteiger partial charge in [-0.3, -0.25) is 14.1 Å². The first-order chi connectivity index (χ1) is 24.9. The third kappa shape index (κ3) is 37.0. The molecule has 0 aliphatic carbocycles. The fourth-order valence-corrected chi connectivity index (χ4v) is 6.47. The number of esters is 2. The number of unbranched alkanes of at least 4 members (excludes halogenated alkanes) is 20. The predicted molar refractivity (Wildman–Crippen MR) is 210 cm³/mol. The van der Waals surface area contributed by atoms with Gasteiger partial charge in [0, 0.05) is 12.8 Å². The lowest BCUT2D eigenvalue weighted by molar-refractivity contribution is -0.161. The van der Waals surface area contributed by atoms with E-state index in [0.29, 0.717) is 25.7 Å². The van der Waals surface area contributed by atoms with Crippen LogP contribution in [0.25, 0.3) is 0 Å². The van der Waals surface area contributed by atoms with Crippen LogP contribution < -0.4 is 0 Å². The summed E-state index contributed by atoms with van der Waals surface area (Å²) in [6.45, 7) is 5.85. The van der Waals surface area contributed by atoms with Gasteiger partial charge in [0.1, 0.15) is 6.61 Å². The van der Waals surface area contributed by atoms with Gasteiger partial charge in [-0.05, 0) is 44.4 Å². The van der Waals surface area contributed by atoms with Crippen LogP contribution in [0.2, 0.25) is 0 Å². The Kier molecular flexibility index (Phi) is 34.5. The van der Waals surface area contributed by atoms with Crippen molar-refractivity contribution in [3.8, 4) is 0 Å². The highest BCUT2D eigenvalue weighted by Gasteiger charge is 2.23. The van der Waals surface area contributed by atoms with Crippen LogP contribution in [0.4, 0.5) is 0 Å². The van der Waals surface area contributed by atoms with E-state index in [1.807, 2.05) is 6.08 Å². The molecule has 3 atom stereocenters. The van der Waals surface area contributed by atoms with Crippen molar-refractivity contribution in [2.75, 3.05) is 13.2 Å². The zero-order chi connectivity index (χ0) is 38.7. The lowest BCUT2D eigenvalue weighted by atomic mass is 10.0. The summed E-state index contributed by atoms with van der Waals surface area (Å²) in [4.78, 5) is 42.8. The molecule has 0 saturated carbocycles. The van der Waals surface area contributed by atoms with Gasteiger partial charge >= 0.3 is 19.8 Å². The van der Waals surface area contributed by atoms with Crippen molar-refractivity contribution in [2.24, 2.45) is 5.92 Å². The van der Waals surface area contributed by atoms with Crippen molar-refractivity contribution in [3.05, 3.63) is 12.2 Å². The number of rotatable bonds is 38. The van der Waals surface area contributed by atoms with E-state index in [1.165, 1.54) is 83.5 Å². The van der Waals surface area contributed by atoms with Crippen molar-refractivity contribution in [1.82, 2.24) is 0 Å². The molecule has 0 fully saturated rings. The van der Waals surface area contributed by atoms with Crippen LogP contribution in [0, 0.1) is 5.92 Å². The van der Waals surface area contributed by atoms with Crippen molar-refractivity contribution < 1.29 is 48.2 Å². The molecule has 0 bridgehead atoms. The number of aliphatic hydroxyl groups excluding tert-OH is 2. The molecule has 0 unspecified atom stereocenters. The van der Waals surface area contributed by atoms with Crippen LogP contribution in [0.3, 0.4) is 0 Å². The molecule has 0 aromatic rings. The average molecular weight is 763 g/mol. The second-order valence-electron chi connectivity index (χ2n) is 15.1. The first kappa shape index (κ1) is 50.7. The molecular formula is C41H79O10P. The number of phosphoric acid groups is 1. The van der Waals surface area contributed by atoms with Gasteiger partial charge in [-0.2, -0.15) is 0 Å². The third-order valence-electron chi connectivity index (χ3n) is 9.41. The number of hydrogen-bond acceptors (Lipinski definition) is 8. The Morgan fingerprint density at radius 1 is 0.596 bits per heavy atom. The molecule has 52 heavy (non-hydrogen) atoms. The Morgan fingerprint density at radius 3 is 1.58 bits per heavy atom. The Balaban J connectivity index is 4.01. The maximum absolute atomic E-state index is 12.4. The summed E-state index contributed by atoms with van der Waals surface area (Å²) in [7, 11) is -4.79. The van der Waals surface area contributed by atoms with Crippen molar-refractivity contribution in [1.29, 1.82) is 0 Å². The van der Waals surface area contributed by atoms with Crippen LogP contribution in [0.1, 0.15) is 201 Å². The fourth-order valence-electron chi connectivity index (χ4n) is 6.11.